The third-order valence-corrected chi connectivity index (χ3v) is 7.00. The van der Waals surface area contributed by atoms with Crippen LogP contribution in [0.5, 0.6) is 5.75 Å². The Morgan fingerprint density at radius 3 is 2.59 bits per heavy atom. The Morgan fingerprint density at radius 2 is 1.81 bits per heavy atom. The van der Waals surface area contributed by atoms with Gasteiger partial charge in [-0.05, 0) is 49.3 Å². The summed E-state index contributed by atoms with van der Waals surface area (Å²) in [5.74, 6) is 1.07. The molecule has 4 nitrogen and oxygen atoms in total. The van der Waals surface area contributed by atoms with E-state index in [-0.39, 0.29) is 0 Å². The van der Waals surface area contributed by atoms with Gasteiger partial charge in [0.25, 0.3) is 0 Å². The second kappa shape index (κ2) is 9.40. The first kappa shape index (κ1) is 19.2. The summed E-state index contributed by atoms with van der Waals surface area (Å²) < 4.78 is 5.58. The number of rotatable bonds is 6. The molecule has 1 aromatic carbocycles. The molecule has 1 N–H and O–H groups in total. The van der Waals surface area contributed by atoms with Crippen LogP contribution in [0.15, 0.2) is 18.2 Å². The van der Waals surface area contributed by atoms with Gasteiger partial charge in [0.15, 0.2) is 0 Å². The van der Waals surface area contributed by atoms with Crippen molar-refractivity contribution in [2.75, 3.05) is 46.4 Å². The van der Waals surface area contributed by atoms with E-state index in [1.807, 2.05) is 0 Å². The molecular weight excluding hydrogens is 334 g/mol. The molecule has 1 heterocycles. The third-order valence-electron chi connectivity index (χ3n) is 7.00. The molecule has 1 saturated heterocycles. The number of nitrogens with one attached hydrogen (secondary N) is 1. The predicted octanol–water partition coefficient (Wildman–Crippen LogP) is 3.61. The standard InChI is InChI=1S/C23H37N3O/c1-27-23-12-6-9-20-21(23)10-5-11-22(20)24-13-14-25-15-17-26(18-16-25)19-7-3-2-4-8-19/h6,9,12,19,22,24H,2-5,7-8,10-11,13-18H2,1H3/t22-/m0/s1. The van der Waals surface area contributed by atoms with Gasteiger partial charge in [-0.2, -0.15) is 0 Å². The summed E-state index contributed by atoms with van der Waals surface area (Å²) in [5, 5.41) is 3.84. The van der Waals surface area contributed by atoms with Crippen molar-refractivity contribution in [1.82, 2.24) is 15.1 Å². The van der Waals surface area contributed by atoms with E-state index in [4.69, 9.17) is 4.74 Å². The zero-order valence-corrected chi connectivity index (χ0v) is 17.1. The van der Waals surface area contributed by atoms with Gasteiger partial charge in [0.2, 0.25) is 0 Å². The molecule has 0 radical (unpaired) electrons. The summed E-state index contributed by atoms with van der Waals surface area (Å²) in [6.45, 7) is 7.29. The molecule has 1 aromatic rings. The average Bonchev–Trinajstić information content (AvgIpc) is 2.74. The molecule has 4 rings (SSSR count). The number of hydrogen-bond donors (Lipinski definition) is 1. The van der Waals surface area contributed by atoms with Crippen molar-refractivity contribution in [3.05, 3.63) is 29.3 Å². The molecule has 27 heavy (non-hydrogen) atoms. The smallest absolute Gasteiger partial charge is 0.122 e. The van der Waals surface area contributed by atoms with Gasteiger partial charge in [-0.1, -0.05) is 31.4 Å². The van der Waals surface area contributed by atoms with E-state index in [0.29, 0.717) is 6.04 Å². The van der Waals surface area contributed by atoms with Gasteiger partial charge in [-0.15, -0.1) is 0 Å². The number of nitrogens with zero attached hydrogens (tertiary/aromatic N) is 2. The van der Waals surface area contributed by atoms with Crippen molar-refractivity contribution in [3.8, 4) is 5.75 Å². The number of methoxy groups -OCH3 is 1. The lowest BCUT2D eigenvalue weighted by atomic mass is 9.87. The summed E-state index contributed by atoms with van der Waals surface area (Å²) in [6, 6.07) is 7.91. The molecule has 0 aromatic heterocycles. The maximum Gasteiger partial charge on any atom is 0.122 e. The lowest BCUT2D eigenvalue weighted by molar-refractivity contribution is 0.0790. The summed E-state index contributed by atoms with van der Waals surface area (Å²) in [5.41, 5.74) is 2.88. The number of fused-ring (bicyclic) bond motifs is 1. The highest BCUT2D eigenvalue weighted by Crippen LogP contribution is 2.35. The van der Waals surface area contributed by atoms with Gasteiger partial charge in [-0.25, -0.2) is 0 Å². The van der Waals surface area contributed by atoms with Crippen molar-refractivity contribution in [2.45, 2.75) is 63.5 Å². The first-order valence-corrected chi connectivity index (χ1v) is 11.2. The van der Waals surface area contributed by atoms with Crippen LogP contribution in [0.4, 0.5) is 0 Å². The molecular formula is C23H37N3O. The average molecular weight is 372 g/mol. The second-order valence-electron chi connectivity index (χ2n) is 8.60. The summed E-state index contributed by atoms with van der Waals surface area (Å²) in [7, 11) is 1.79. The molecule has 0 amide bonds. The first-order valence-electron chi connectivity index (χ1n) is 11.2. The van der Waals surface area contributed by atoms with Gasteiger partial charge < -0.3 is 10.1 Å². The Kier molecular flexibility index (Phi) is 6.69. The predicted molar refractivity (Wildman–Crippen MR) is 112 cm³/mol. The van der Waals surface area contributed by atoms with Crippen LogP contribution < -0.4 is 10.1 Å². The minimum Gasteiger partial charge on any atom is -0.496 e. The Morgan fingerprint density at radius 1 is 1.00 bits per heavy atom. The summed E-state index contributed by atoms with van der Waals surface area (Å²) in [6.07, 6.45) is 10.9. The van der Waals surface area contributed by atoms with Crippen molar-refractivity contribution in [3.63, 3.8) is 0 Å². The third kappa shape index (κ3) is 4.67. The van der Waals surface area contributed by atoms with Gasteiger partial charge >= 0.3 is 0 Å². The molecule has 1 aliphatic heterocycles. The minimum absolute atomic E-state index is 0.493. The lowest BCUT2D eigenvalue weighted by Gasteiger charge is -2.41. The van der Waals surface area contributed by atoms with E-state index in [1.54, 1.807) is 7.11 Å². The van der Waals surface area contributed by atoms with Crippen LogP contribution in [0.1, 0.15) is 62.1 Å². The second-order valence-corrected chi connectivity index (χ2v) is 8.60. The van der Waals surface area contributed by atoms with Crippen LogP contribution in [0.25, 0.3) is 0 Å². The van der Waals surface area contributed by atoms with Crippen molar-refractivity contribution in [1.29, 1.82) is 0 Å². The molecule has 3 aliphatic rings. The van der Waals surface area contributed by atoms with E-state index in [0.717, 1.165) is 24.8 Å². The van der Waals surface area contributed by atoms with E-state index < -0.39 is 0 Å². The van der Waals surface area contributed by atoms with E-state index in [9.17, 15) is 0 Å². The molecule has 2 aliphatic carbocycles. The van der Waals surface area contributed by atoms with E-state index in [2.05, 4.69) is 33.3 Å². The lowest BCUT2D eigenvalue weighted by Crippen LogP contribution is -2.51. The molecule has 0 unspecified atom stereocenters. The molecule has 1 atom stereocenters. The fourth-order valence-electron chi connectivity index (χ4n) is 5.41. The van der Waals surface area contributed by atoms with E-state index >= 15 is 0 Å². The van der Waals surface area contributed by atoms with Crippen LogP contribution in [0.3, 0.4) is 0 Å². The van der Waals surface area contributed by atoms with Gasteiger partial charge in [0, 0.05) is 51.4 Å². The zero-order valence-electron chi connectivity index (χ0n) is 17.1. The van der Waals surface area contributed by atoms with E-state index in [1.165, 1.54) is 88.8 Å². The van der Waals surface area contributed by atoms with Crippen LogP contribution in [-0.4, -0.2) is 62.2 Å². The van der Waals surface area contributed by atoms with Gasteiger partial charge in [-0.3, -0.25) is 9.80 Å². The number of piperazine rings is 1. The van der Waals surface area contributed by atoms with Gasteiger partial charge in [0.05, 0.1) is 7.11 Å². The molecule has 0 spiro atoms. The molecule has 0 bridgehead atoms. The molecule has 1 saturated carbocycles. The van der Waals surface area contributed by atoms with Crippen LogP contribution >= 0.6 is 0 Å². The maximum absolute atomic E-state index is 5.58. The fraction of sp³-hybridized carbons (Fsp3) is 0.739. The topological polar surface area (TPSA) is 27.7 Å². The molecule has 2 fully saturated rings. The number of benzene rings is 1. The monoisotopic (exact) mass is 371 g/mol. The van der Waals surface area contributed by atoms with Crippen LogP contribution in [0, 0.1) is 0 Å². The summed E-state index contributed by atoms with van der Waals surface area (Å²) >= 11 is 0. The zero-order chi connectivity index (χ0) is 18.5. The minimum atomic E-state index is 0.493. The Balaban J connectivity index is 1.22. The van der Waals surface area contributed by atoms with Crippen molar-refractivity contribution >= 4 is 0 Å². The largest absolute Gasteiger partial charge is 0.496 e. The highest BCUT2D eigenvalue weighted by atomic mass is 16.5. The first-order chi connectivity index (χ1) is 13.3. The van der Waals surface area contributed by atoms with Crippen molar-refractivity contribution in [2.24, 2.45) is 0 Å². The number of hydrogen-bond acceptors (Lipinski definition) is 4. The Hall–Kier alpha value is -1.10. The Bertz CT molecular complexity index is 591. The van der Waals surface area contributed by atoms with Crippen LogP contribution in [0.2, 0.25) is 0 Å². The quantitative estimate of drug-likeness (QED) is 0.827. The SMILES string of the molecule is COc1cccc2c1CCC[C@@H]2NCCN1CCN(C2CCCCC2)CC1. The highest BCUT2D eigenvalue weighted by Gasteiger charge is 2.26. The molecule has 150 valence electrons. The fourth-order valence-corrected chi connectivity index (χ4v) is 5.41. The molecule has 4 heteroatoms. The maximum atomic E-state index is 5.58. The Labute approximate surface area is 165 Å². The van der Waals surface area contributed by atoms with Crippen molar-refractivity contribution < 1.29 is 4.74 Å². The summed E-state index contributed by atoms with van der Waals surface area (Å²) in [4.78, 5) is 5.42. The highest BCUT2D eigenvalue weighted by molar-refractivity contribution is 5.43. The van der Waals surface area contributed by atoms with Gasteiger partial charge in [0.1, 0.15) is 5.75 Å². The number of ether oxygens (including phenoxy) is 1. The normalized spacial score (nSPS) is 25.3. The van der Waals surface area contributed by atoms with Crippen LogP contribution in [-0.2, 0) is 6.42 Å².